The fourth-order valence-electron chi connectivity index (χ4n) is 4.23. The number of carbonyl (C=O) groups excluding carboxylic acids is 2. The number of carboxylic acids is 1. The Hall–Kier alpha value is -4.98. The number of hydrogen-bond donors (Lipinski definition) is 1. The number of hydrogen-bond acceptors (Lipinski definition) is 5. The minimum absolute atomic E-state index is 0.125. The zero-order valence-electron chi connectivity index (χ0n) is 20.2. The minimum Gasteiger partial charge on any atom is -0.478 e. The third kappa shape index (κ3) is 4.52. The first-order valence-corrected chi connectivity index (χ1v) is 11.6. The van der Waals surface area contributed by atoms with Gasteiger partial charge in [-0.05, 0) is 62.4 Å². The SMILES string of the molecule is CC1=NN(c2ccc(C(=O)O)cc2)C(=O)C1=Cc1cn(C(C)C(=O)Oc2ccccc2)c2ccccc12. The average Bonchev–Trinajstić information content (AvgIpc) is 3.41. The monoisotopic (exact) mass is 493 g/mol. The molecule has 5 rings (SSSR count). The molecule has 1 amide bonds. The van der Waals surface area contributed by atoms with Crippen molar-refractivity contribution in [1.29, 1.82) is 0 Å². The van der Waals surface area contributed by atoms with Gasteiger partial charge < -0.3 is 14.4 Å². The molecule has 0 aliphatic carbocycles. The highest BCUT2D eigenvalue weighted by molar-refractivity contribution is 6.32. The third-order valence-electron chi connectivity index (χ3n) is 6.21. The van der Waals surface area contributed by atoms with Crippen molar-refractivity contribution in [2.24, 2.45) is 5.10 Å². The number of anilines is 1. The standard InChI is InChI=1S/C29H23N3O5/c1-18-25(27(33)32(30-18)22-14-12-20(13-15-22)28(34)35)16-21-17-31(26-11-7-6-10-24(21)26)19(2)29(36)37-23-8-4-3-5-9-23/h3-17,19H,1-2H3,(H,34,35). The number of aromatic carboxylic acids is 1. The summed E-state index contributed by atoms with van der Waals surface area (Å²) in [6, 6.07) is 21.9. The molecule has 0 spiro atoms. The summed E-state index contributed by atoms with van der Waals surface area (Å²) in [6.45, 7) is 3.51. The van der Waals surface area contributed by atoms with E-state index in [0.717, 1.165) is 16.5 Å². The van der Waals surface area contributed by atoms with E-state index in [9.17, 15) is 14.4 Å². The highest BCUT2D eigenvalue weighted by Crippen LogP contribution is 2.30. The molecule has 0 saturated carbocycles. The molecule has 0 radical (unpaired) electrons. The van der Waals surface area contributed by atoms with Crippen molar-refractivity contribution >= 4 is 46.2 Å². The van der Waals surface area contributed by atoms with Gasteiger partial charge in [-0.1, -0.05) is 36.4 Å². The van der Waals surface area contributed by atoms with E-state index in [1.807, 2.05) is 41.1 Å². The maximum Gasteiger partial charge on any atom is 0.335 e. The van der Waals surface area contributed by atoms with Crippen molar-refractivity contribution in [2.75, 3.05) is 5.01 Å². The van der Waals surface area contributed by atoms with Gasteiger partial charge >= 0.3 is 11.9 Å². The first-order valence-electron chi connectivity index (χ1n) is 11.6. The predicted octanol–water partition coefficient (Wildman–Crippen LogP) is 5.31. The van der Waals surface area contributed by atoms with Crippen LogP contribution in [0.25, 0.3) is 17.0 Å². The van der Waals surface area contributed by atoms with Crippen molar-refractivity contribution < 1.29 is 24.2 Å². The van der Waals surface area contributed by atoms with Crippen LogP contribution in [0.4, 0.5) is 5.69 Å². The number of carbonyl (C=O) groups is 3. The number of carboxylic acid groups (broad SMARTS) is 1. The highest BCUT2D eigenvalue weighted by Gasteiger charge is 2.29. The summed E-state index contributed by atoms with van der Waals surface area (Å²) < 4.78 is 7.39. The summed E-state index contributed by atoms with van der Waals surface area (Å²) in [5.41, 5.74) is 3.12. The van der Waals surface area contributed by atoms with Gasteiger partial charge in [0, 0.05) is 22.7 Å². The smallest absolute Gasteiger partial charge is 0.335 e. The molecular formula is C29H23N3O5. The van der Waals surface area contributed by atoms with Crippen molar-refractivity contribution in [1.82, 2.24) is 4.57 Å². The Balaban J connectivity index is 1.47. The lowest BCUT2D eigenvalue weighted by atomic mass is 10.1. The number of rotatable bonds is 6. The minimum atomic E-state index is -1.04. The summed E-state index contributed by atoms with van der Waals surface area (Å²) in [7, 11) is 0. The fraction of sp³-hybridized carbons (Fsp3) is 0.103. The summed E-state index contributed by atoms with van der Waals surface area (Å²) in [6.07, 6.45) is 3.60. The quantitative estimate of drug-likeness (QED) is 0.223. The van der Waals surface area contributed by atoms with Crippen molar-refractivity contribution in [3.05, 3.63) is 102 Å². The molecule has 8 heteroatoms. The molecule has 1 N–H and O–H groups in total. The number of fused-ring (bicyclic) bond motifs is 1. The van der Waals surface area contributed by atoms with Gasteiger partial charge in [-0.15, -0.1) is 0 Å². The molecule has 8 nitrogen and oxygen atoms in total. The Labute approximate surface area is 212 Å². The average molecular weight is 494 g/mol. The summed E-state index contributed by atoms with van der Waals surface area (Å²) in [4.78, 5) is 37.3. The van der Waals surface area contributed by atoms with Crippen LogP contribution in [0.1, 0.15) is 35.8 Å². The lowest BCUT2D eigenvalue weighted by Gasteiger charge is -2.14. The van der Waals surface area contributed by atoms with E-state index in [2.05, 4.69) is 5.10 Å². The Kier molecular flexibility index (Phi) is 6.15. The lowest BCUT2D eigenvalue weighted by Crippen LogP contribution is -2.21. The topological polar surface area (TPSA) is 101 Å². The lowest BCUT2D eigenvalue weighted by molar-refractivity contribution is -0.137. The number of nitrogens with zero attached hydrogens (tertiary/aromatic N) is 3. The number of benzene rings is 3. The van der Waals surface area contributed by atoms with Crippen LogP contribution in [-0.4, -0.2) is 33.2 Å². The van der Waals surface area contributed by atoms with Gasteiger partial charge in [-0.2, -0.15) is 10.1 Å². The summed E-state index contributed by atoms with van der Waals surface area (Å²) in [5.74, 6) is -1.30. The maximum atomic E-state index is 13.3. The number of aromatic nitrogens is 1. The van der Waals surface area contributed by atoms with Crippen LogP contribution in [0.5, 0.6) is 5.75 Å². The van der Waals surface area contributed by atoms with Gasteiger partial charge in [0.1, 0.15) is 11.8 Å². The van der Waals surface area contributed by atoms with Crippen LogP contribution < -0.4 is 9.75 Å². The van der Waals surface area contributed by atoms with E-state index < -0.39 is 18.0 Å². The zero-order chi connectivity index (χ0) is 26.1. The second kappa shape index (κ2) is 9.58. The van der Waals surface area contributed by atoms with E-state index in [4.69, 9.17) is 9.84 Å². The number of ether oxygens (including phenoxy) is 1. The Morgan fingerprint density at radius 1 is 0.973 bits per heavy atom. The largest absolute Gasteiger partial charge is 0.478 e. The van der Waals surface area contributed by atoms with Gasteiger partial charge in [-0.25, -0.2) is 9.59 Å². The molecule has 1 aliphatic rings. The van der Waals surface area contributed by atoms with Gasteiger partial charge in [-0.3, -0.25) is 4.79 Å². The van der Waals surface area contributed by atoms with Crippen molar-refractivity contribution in [3.8, 4) is 5.75 Å². The van der Waals surface area contributed by atoms with E-state index in [1.54, 1.807) is 56.3 Å². The highest BCUT2D eigenvalue weighted by atomic mass is 16.5. The molecular weight excluding hydrogens is 470 g/mol. The third-order valence-corrected chi connectivity index (χ3v) is 6.21. The van der Waals surface area contributed by atoms with Crippen LogP contribution in [0.3, 0.4) is 0 Å². The van der Waals surface area contributed by atoms with E-state index in [0.29, 0.717) is 22.7 Å². The van der Waals surface area contributed by atoms with Crippen LogP contribution in [0.15, 0.2) is 95.7 Å². The molecule has 3 aromatic carbocycles. The Morgan fingerprint density at radius 3 is 2.35 bits per heavy atom. The van der Waals surface area contributed by atoms with Crippen molar-refractivity contribution in [3.63, 3.8) is 0 Å². The second-order valence-electron chi connectivity index (χ2n) is 8.63. The summed E-state index contributed by atoms with van der Waals surface area (Å²) >= 11 is 0. The number of amides is 1. The first-order chi connectivity index (χ1) is 17.8. The molecule has 2 heterocycles. The van der Waals surface area contributed by atoms with E-state index in [1.165, 1.54) is 17.1 Å². The molecule has 4 aromatic rings. The van der Waals surface area contributed by atoms with Crippen LogP contribution >= 0.6 is 0 Å². The number of esters is 1. The molecule has 1 aromatic heterocycles. The first kappa shape index (κ1) is 23.7. The maximum absolute atomic E-state index is 13.3. The molecule has 0 fully saturated rings. The van der Waals surface area contributed by atoms with Crippen LogP contribution in [0, 0.1) is 0 Å². The normalized spacial score (nSPS) is 15.2. The predicted molar refractivity (Wildman–Crippen MR) is 141 cm³/mol. The molecule has 1 aliphatic heterocycles. The fourth-order valence-corrected chi connectivity index (χ4v) is 4.23. The molecule has 1 unspecified atom stereocenters. The van der Waals surface area contributed by atoms with Crippen LogP contribution in [0.2, 0.25) is 0 Å². The molecule has 0 bridgehead atoms. The van der Waals surface area contributed by atoms with Gasteiger partial charge in [0.05, 0.1) is 22.5 Å². The van der Waals surface area contributed by atoms with Gasteiger partial charge in [0.15, 0.2) is 0 Å². The van der Waals surface area contributed by atoms with Crippen molar-refractivity contribution in [2.45, 2.75) is 19.9 Å². The summed E-state index contributed by atoms with van der Waals surface area (Å²) in [5, 5.41) is 15.7. The van der Waals surface area contributed by atoms with E-state index in [-0.39, 0.29) is 11.5 Å². The molecule has 37 heavy (non-hydrogen) atoms. The van der Waals surface area contributed by atoms with Crippen LogP contribution in [-0.2, 0) is 9.59 Å². The van der Waals surface area contributed by atoms with E-state index >= 15 is 0 Å². The van der Waals surface area contributed by atoms with Gasteiger partial charge in [0.25, 0.3) is 5.91 Å². The Bertz CT molecular complexity index is 1580. The number of para-hydroxylation sites is 2. The zero-order valence-corrected chi connectivity index (χ0v) is 20.2. The number of hydrazone groups is 1. The molecule has 0 saturated heterocycles. The van der Waals surface area contributed by atoms with Gasteiger partial charge in [0.2, 0.25) is 0 Å². The second-order valence-corrected chi connectivity index (χ2v) is 8.63. The molecule has 1 atom stereocenters. The molecule has 184 valence electrons. The Morgan fingerprint density at radius 2 is 1.65 bits per heavy atom.